The van der Waals surface area contributed by atoms with Gasteiger partial charge in [0.2, 0.25) is 0 Å². The van der Waals surface area contributed by atoms with Gasteiger partial charge in [-0.25, -0.2) is 0 Å². The second-order valence-electron chi connectivity index (χ2n) is 6.61. The van der Waals surface area contributed by atoms with E-state index in [9.17, 15) is 4.79 Å². The Morgan fingerprint density at radius 2 is 1.81 bits per heavy atom. The molecule has 1 aromatic heterocycles. The highest BCUT2D eigenvalue weighted by Gasteiger charge is 2.12. The molecule has 0 aliphatic rings. The number of rotatable bonds is 7. The minimum atomic E-state index is -0.231. The number of hydrogen-bond donors (Lipinski definition) is 1. The zero-order valence-electron chi connectivity index (χ0n) is 15.7. The van der Waals surface area contributed by atoms with Crippen LogP contribution in [0.4, 0.5) is 5.69 Å². The van der Waals surface area contributed by atoms with Crippen molar-refractivity contribution >= 4 is 22.6 Å². The summed E-state index contributed by atoms with van der Waals surface area (Å²) < 4.78 is 11.1. The number of carbonyl (C=O) groups excluding carboxylic acids is 1. The smallest absolute Gasteiger partial charge is 0.255 e. The normalized spacial score (nSPS) is 10.8. The number of hydrogen-bond acceptors (Lipinski definition) is 5. The molecule has 1 amide bonds. The summed E-state index contributed by atoms with van der Waals surface area (Å²) in [5, 5.41) is 2.88. The number of ether oxygens (including phenoxy) is 2. The third-order valence-corrected chi connectivity index (χ3v) is 4.11. The van der Waals surface area contributed by atoms with Crippen LogP contribution in [0.1, 0.15) is 30.6 Å². The summed E-state index contributed by atoms with van der Waals surface area (Å²) in [4.78, 5) is 21.1. The fourth-order valence-corrected chi connectivity index (χ4v) is 2.58. The minimum Gasteiger partial charge on any atom is -0.493 e. The molecule has 0 radical (unpaired) electrons. The highest BCUT2D eigenvalue weighted by molar-refractivity contribution is 6.05. The molecule has 0 saturated carbocycles. The maximum absolute atomic E-state index is 12.6. The molecule has 0 bridgehead atoms. The van der Waals surface area contributed by atoms with E-state index in [2.05, 4.69) is 29.1 Å². The topological polar surface area (TPSA) is 73.3 Å². The fourth-order valence-electron chi connectivity index (χ4n) is 2.58. The number of fused-ring (bicyclic) bond motifs is 1. The third-order valence-electron chi connectivity index (χ3n) is 4.11. The maximum atomic E-state index is 12.6. The average Bonchev–Trinajstić information content (AvgIpc) is 2.67. The molecule has 1 N–H and O–H groups in total. The molecular formula is C21H23N3O3. The maximum Gasteiger partial charge on any atom is 0.255 e. The number of aromatic nitrogens is 2. The molecule has 3 rings (SSSR count). The van der Waals surface area contributed by atoms with E-state index in [-0.39, 0.29) is 5.91 Å². The fraction of sp³-hybridized carbons (Fsp3) is 0.286. The Balaban J connectivity index is 1.73. The molecule has 3 aromatic rings. The molecule has 0 fully saturated rings. The van der Waals surface area contributed by atoms with Crippen molar-refractivity contribution in [2.45, 2.75) is 20.3 Å². The molecule has 0 unspecified atom stereocenters. The van der Waals surface area contributed by atoms with Crippen molar-refractivity contribution in [3.05, 3.63) is 54.4 Å². The summed E-state index contributed by atoms with van der Waals surface area (Å²) in [6.07, 6.45) is 4.21. The molecule has 27 heavy (non-hydrogen) atoms. The van der Waals surface area contributed by atoms with E-state index in [0.29, 0.717) is 35.3 Å². The van der Waals surface area contributed by atoms with Gasteiger partial charge >= 0.3 is 0 Å². The van der Waals surface area contributed by atoms with Gasteiger partial charge in [0.1, 0.15) is 0 Å². The lowest BCUT2D eigenvalue weighted by molar-refractivity contribution is 0.102. The second kappa shape index (κ2) is 8.49. The minimum absolute atomic E-state index is 0.231. The number of anilines is 1. The standard InChI is InChI=1S/C21H23N3O3/c1-14(2)8-11-27-19-7-4-15(12-20(19)26-3)21(25)24-16-5-6-17-18(13-16)23-10-9-22-17/h4-7,9-10,12-14H,8,11H2,1-3H3,(H,24,25). The monoisotopic (exact) mass is 365 g/mol. The van der Waals surface area contributed by atoms with Crippen molar-refractivity contribution in [3.8, 4) is 11.5 Å². The zero-order valence-corrected chi connectivity index (χ0v) is 15.7. The lowest BCUT2D eigenvalue weighted by Gasteiger charge is -2.13. The highest BCUT2D eigenvalue weighted by Crippen LogP contribution is 2.29. The SMILES string of the molecule is COc1cc(C(=O)Nc2ccc3nccnc3c2)ccc1OCCC(C)C. The number of methoxy groups -OCH3 is 1. The predicted molar refractivity (Wildman–Crippen MR) is 105 cm³/mol. The summed E-state index contributed by atoms with van der Waals surface area (Å²) in [7, 11) is 1.56. The Hall–Kier alpha value is -3.15. The van der Waals surface area contributed by atoms with Gasteiger partial charge in [-0.05, 0) is 48.7 Å². The van der Waals surface area contributed by atoms with Crippen LogP contribution in [0.25, 0.3) is 11.0 Å². The molecule has 2 aromatic carbocycles. The van der Waals surface area contributed by atoms with Crippen LogP contribution in [-0.2, 0) is 0 Å². The second-order valence-corrected chi connectivity index (χ2v) is 6.61. The van der Waals surface area contributed by atoms with Gasteiger partial charge in [0.15, 0.2) is 11.5 Å². The Kier molecular flexibility index (Phi) is 5.86. The van der Waals surface area contributed by atoms with Crippen LogP contribution >= 0.6 is 0 Å². The average molecular weight is 365 g/mol. The first kappa shape index (κ1) is 18.6. The van der Waals surface area contributed by atoms with Crippen molar-refractivity contribution in [2.75, 3.05) is 19.0 Å². The van der Waals surface area contributed by atoms with E-state index in [0.717, 1.165) is 17.5 Å². The first-order valence-corrected chi connectivity index (χ1v) is 8.90. The summed E-state index contributed by atoms with van der Waals surface area (Å²) >= 11 is 0. The Labute approximate surface area is 158 Å². The third kappa shape index (κ3) is 4.73. The van der Waals surface area contributed by atoms with Gasteiger partial charge in [-0.1, -0.05) is 13.8 Å². The zero-order chi connectivity index (χ0) is 19.2. The largest absolute Gasteiger partial charge is 0.493 e. The van der Waals surface area contributed by atoms with E-state index in [4.69, 9.17) is 9.47 Å². The molecule has 0 spiro atoms. The van der Waals surface area contributed by atoms with Crippen molar-refractivity contribution in [2.24, 2.45) is 5.92 Å². The molecule has 6 nitrogen and oxygen atoms in total. The summed E-state index contributed by atoms with van der Waals surface area (Å²) in [6, 6.07) is 10.6. The number of benzene rings is 2. The molecule has 1 heterocycles. The van der Waals surface area contributed by atoms with E-state index < -0.39 is 0 Å². The van der Waals surface area contributed by atoms with Crippen molar-refractivity contribution in [3.63, 3.8) is 0 Å². The molecule has 0 aliphatic carbocycles. The van der Waals surface area contributed by atoms with E-state index >= 15 is 0 Å². The van der Waals surface area contributed by atoms with Gasteiger partial charge in [-0.2, -0.15) is 0 Å². The Bertz CT molecular complexity index is 941. The molecule has 0 saturated heterocycles. The van der Waals surface area contributed by atoms with Crippen LogP contribution in [-0.4, -0.2) is 29.6 Å². The number of carbonyl (C=O) groups is 1. The summed E-state index contributed by atoms with van der Waals surface area (Å²) in [5.41, 5.74) is 2.65. The van der Waals surface area contributed by atoms with E-state index in [1.54, 1.807) is 49.8 Å². The number of amides is 1. The van der Waals surface area contributed by atoms with Crippen LogP contribution in [0.15, 0.2) is 48.8 Å². The van der Waals surface area contributed by atoms with Crippen LogP contribution in [0, 0.1) is 5.92 Å². The molecular weight excluding hydrogens is 342 g/mol. The lowest BCUT2D eigenvalue weighted by atomic mass is 10.1. The summed E-state index contributed by atoms with van der Waals surface area (Å²) in [5.74, 6) is 1.50. The lowest BCUT2D eigenvalue weighted by Crippen LogP contribution is -2.12. The van der Waals surface area contributed by atoms with Crippen molar-refractivity contribution in [1.82, 2.24) is 9.97 Å². The van der Waals surface area contributed by atoms with E-state index in [1.807, 2.05) is 6.07 Å². The first-order valence-electron chi connectivity index (χ1n) is 8.90. The quantitative estimate of drug-likeness (QED) is 0.675. The van der Waals surface area contributed by atoms with Gasteiger partial charge in [-0.15, -0.1) is 0 Å². The number of nitrogens with zero attached hydrogens (tertiary/aromatic N) is 2. The van der Waals surface area contributed by atoms with Crippen molar-refractivity contribution in [1.29, 1.82) is 0 Å². The van der Waals surface area contributed by atoms with Gasteiger partial charge in [-0.3, -0.25) is 14.8 Å². The van der Waals surface area contributed by atoms with Crippen molar-refractivity contribution < 1.29 is 14.3 Å². The molecule has 6 heteroatoms. The van der Waals surface area contributed by atoms with Gasteiger partial charge in [0.05, 0.1) is 24.8 Å². The van der Waals surface area contributed by atoms with Crippen LogP contribution in [0.5, 0.6) is 11.5 Å². The summed E-state index contributed by atoms with van der Waals surface area (Å²) in [6.45, 7) is 4.90. The Morgan fingerprint density at radius 1 is 1.04 bits per heavy atom. The highest BCUT2D eigenvalue weighted by atomic mass is 16.5. The molecule has 0 aliphatic heterocycles. The van der Waals surface area contributed by atoms with Crippen LogP contribution < -0.4 is 14.8 Å². The van der Waals surface area contributed by atoms with Gasteiger partial charge in [0.25, 0.3) is 5.91 Å². The molecule has 140 valence electrons. The van der Waals surface area contributed by atoms with Crippen LogP contribution in [0.3, 0.4) is 0 Å². The van der Waals surface area contributed by atoms with Gasteiger partial charge < -0.3 is 14.8 Å². The van der Waals surface area contributed by atoms with Crippen LogP contribution in [0.2, 0.25) is 0 Å². The molecule has 0 atom stereocenters. The van der Waals surface area contributed by atoms with Gasteiger partial charge in [0, 0.05) is 23.6 Å². The predicted octanol–water partition coefficient (Wildman–Crippen LogP) is 4.32. The first-order chi connectivity index (χ1) is 13.1. The number of nitrogens with one attached hydrogen (secondary N) is 1. The van der Waals surface area contributed by atoms with E-state index in [1.165, 1.54) is 0 Å². The Morgan fingerprint density at radius 3 is 2.56 bits per heavy atom.